The fourth-order valence-corrected chi connectivity index (χ4v) is 2.52. The highest BCUT2D eigenvalue weighted by Crippen LogP contribution is 2.28. The fraction of sp³-hybridized carbons (Fsp3) is 0.600. The highest BCUT2D eigenvalue weighted by atomic mass is 35.5. The number of alkyl halides is 2. The maximum Gasteiger partial charge on any atom is 0.261 e. The number of rotatable bonds is 7. The van der Waals surface area contributed by atoms with Crippen LogP contribution in [0.5, 0.6) is 0 Å². The fourth-order valence-electron chi connectivity index (χ4n) is 1.32. The van der Waals surface area contributed by atoms with Crippen molar-refractivity contribution in [1.82, 2.24) is 5.32 Å². The van der Waals surface area contributed by atoms with Crippen LogP contribution in [0.4, 0.5) is 8.78 Å². The average Bonchev–Trinajstić information content (AvgIpc) is 2.64. The number of hydrogen-bond donors (Lipinski definition) is 1. The van der Waals surface area contributed by atoms with Gasteiger partial charge in [-0.25, -0.2) is 8.78 Å². The first-order chi connectivity index (χ1) is 7.63. The van der Waals surface area contributed by atoms with Crippen LogP contribution in [-0.2, 0) is 4.74 Å². The number of ether oxygens (including phenoxy) is 1. The van der Waals surface area contributed by atoms with Crippen molar-refractivity contribution >= 4 is 22.9 Å². The van der Waals surface area contributed by atoms with E-state index in [2.05, 4.69) is 5.32 Å². The highest BCUT2D eigenvalue weighted by Gasteiger charge is 2.12. The molecule has 1 atom stereocenters. The highest BCUT2D eigenvalue weighted by molar-refractivity contribution is 7.16. The van der Waals surface area contributed by atoms with Crippen molar-refractivity contribution in [2.24, 2.45) is 0 Å². The molecule has 0 amide bonds. The number of thiophene rings is 1. The first-order valence-electron chi connectivity index (χ1n) is 4.92. The van der Waals surface area contributed by atoms with E-state index in [0.29, 0.717) is 13.0 Å². The van der Waals surface area contributed by atoms with E-state index in [1.807, 2.05) is 19.2 Å². The van der Waals surface area contributed by atoms with Crippen molar-refractivity contribution in [3.05, 3.63) is 21.3 Å². The van der Waals surface area contributed by atoms with Crippen LogP contribution >= 0.6 is 22.9 Å². The third kappa shape index (κ3) is 4.74. The Morgan fingerprint density at radius 2 is 2.25 bits per heavy atom. The summed E-state index contributed by atoms with van der Waals surface area (Å²) in [6.45, 7) is -0.188. The zero-order valence-corrected chi connectivity index (χ0v) is 10.5. The van der Waals surface area contributed by atoms with E-state index in [0.717, 1.165) is 9.21 Å². The molecule has 0 aromatic carbocycles. The molecule has 1 aromatic heterocycles. The molecule has 1 N–H and O–H groups in total. The summed E-state index contributed by atoms with van der Waals surface area (Å²) in [4.78, 5) is 1.09. The van der Waals surface area contributed by atoms with Crippen molar-refractivity contribution in [3.63, 3.8) is 0 Å². The molecular formula is C10H14ClF2NOS. The quantitative estimate of drug-likeness (QED) is 0.767. The van der Waals surface area contributed by atoms with Gasteiger partial charge in [0.1, 0.15) is 6.61 Å². The van der Waals surface area contributed by atoms with Gasteiger partial charge in [-0.1, -0.05) is 11.6 Å². The molecule has 0 bridgehead atoms. The van der Waals surface area contributed by atoms with Crippen molar-refractivity contribution in [2.75, 3.05) is 20.3 Å². The van der Waals surface area contributed by atoms with Gasteiger partial charge in [0.15, 0.2) is 0 Å². The SMILES string of the molecule is CNC(CCOCC(F)F)c1ccc(Cl)s1. The summed E-state index contributed by atoms with van der Waals surface area (Å²) in [5, 5.41) is 3.10. The molecule has 1 rings (SSSR count). The molecule has 16 heavy (non-hydrogen) atoms. The Bertz CT molecular complexity index is 309. The lowest BCUT2D eigenvalue weighted by molar-refractivity contribution is 0.0146. The summed E-state index contributed by atoms with van der Waals surface area (Å²) < 4.78 is 29.2. The molecule has 0 aliphatic carbocycles. The maximum absolute atomic E-state index is 11.8. The monoisotopic (exact) mass is 269 g/mol. The maximum atomic E-state index is 11.8. The van der Waals surface area contributed by atoms with Crippen LogP contribution in [0.2, 0.25) is 4.34 Å². The van der Waals surface area contributed by atoms with Crippen molar-refractivity contribution in [1.29, 1.82) is 0 Å². The Morgan fingerprint density at radius 1 is 1.50 bits per heavy atom. The van der Waals surface area contributed by atoms with Gasteiger partial charge < -0.3 is 10.1 Å². The lowest BCUT2D eigenvalue weighted by Gasteiger charge is -2.14. The number of hydrogen-bond acceptors (Lipinski definition) is 3. The zero-order chi connectivity index (χ0) is 12.0. The van der Waals surface area contributed by atoms with E-state index in [-0.39, 0.29) is 6.04 Å². The predicted octanol–water partition coefficient (Wildman–Crippen LogP) is 3.33. The molecule has 2 nitrogen and oxygen atoms in total. The van der Waals surface area contributed by atoms with Crippen LogP contribution in [0.3, 0.4) is 0 Å². The summed E-state index contributed by atoms with van der Waals surface area (Å²) >= 11 is 7.31. The lowest BCUT2D eigenvalue weighted by Crippen LogP contribution is -2.18. The summed E-state index contributed by atoms with van der Waals surface area (Å²) in [6.07, 6.45) is -1.75. The molecule has 6 heteroatoms. The van der Waals surface area contributed by atoms with Gasteiger partial charge in [0.05, 0.1) is 4.34 Å². The molecule has 0 spiro atoms. The number of halogens is 3. The van der Waals surface area contributed by atoms with Gasteiger partial charge in [0.25, 0.3) is 6.43 Å². The van der Waals surface area contributed by atoms with Gasteiger partial charge in [0, 0.05) is 17.5 Å². The van der Waals surface area contributed by atoms with Crippen LogP contribution in [0.25, 0.3) is 0 Å². The van der Waals surface area contributed by atoms with E-state index in [9.17, 15) is 8.78 Å². The van der Waals surface area contributed by atoms with Gasteiger partial charge in [-0.2, -0.15) is 0 Å². The molecule has 0 fully saturated rings. The van der Waals surface area contributed by atoms with Gasteiger partial charge >= 0.3 is 0 Å². The van der Waals surface area contributed by atoms with Crippen LogP contribution < -0.4 is 5.32 Å². The molecule has 1 unspecified atom stereocenters. The van der Waals surface area contributed by atoms with Crippen LogP contribution in [0.1, 0.15) is 17.3 Å². The second kappa shape index (κ2) is 7.17. The smallest absolute Gasteiger partial charge is 0.261 e. The zero-order valence-electron chi connectivity index (χ0n) is 8.88. The van der Waals surface area contributed by atoms with E-state index in [1.165, 1.54) is 11.3 Å². The molecule has 1 aromatic rings. The minimum absolute atomic E-state index is 0.107. The van der Waals surface area contributed by atoms with Gasteiger partial charge in [-0.05, 0) is 25.6 Å². The van der Waals surface area contributed by atoms with E-state index in [4.69, 9.17) is 16.3 Å². The summed E-state index contributed by atoms with van der Waals surface area (Å²) in [5.74, 6) is 0. The Kier molecular flexibility index (Phi) is 6.20. The summed E-state index contributed by atoms with van der Waals surface area (Å²) in [7, 11) is 1.82. The minimum Gasteiger partial charge on any atom is -0.375 e. The van der Waals surface area contributed by atoms with Gasteiger partial charge in [-0.15, -0.1) is 11.3 Å². The third-order valence-electron chi connectivity index (χ3n) is 2.08. The first kappa shape index (κ1) is 13.8. The summed E-state index contributed by atoms with van der Waals surface area (Å²) in [5.41, 5.74) is 0. The van der Waals surface area contributed by atoms with Crippen LogP contribution in [-0.4, -0.2) is 26.7 Å². The molecular weight excluding hydrogens is 256 g/mol. The second-order valence-electron chi connectivity index (χ2n) is 3.24. The van der Waals surface area contributed by atoms with Crippen LogP contribution in [0, 0.1) is 0 Å². The Labute approximate surface area is 103 Å². The summed E-state index contributed by atoms with van der Waals surface area (Å²) in [6, 6.07) is 3.86. The van der Waals surface area contributed by atoms with Crippen LogP contribution in [0.15, 0.2) is 12.1 Å². The van der Waals surface area contributed by atoms with Gasteiger partial charge in [0.2, 0.25) is 0 Å². The largest absolute Gasteiger partial charge is 0.375 e. The molecule has 92 valence electrons. The minimum atomic E-state index is -2.40. The van der Waals surface area contributed by atoms with Gasteiger partial charge in [-0.3, -0.25) is 0 Å². The predicted molar refractivity (Wildman–Crippen MR) is 62.6 cm³/mol. The molecule has 0 saturated heterocycles. The Hall–Kier alpha value is -0.230. The second-order valence-corrected chi connectivity index (χ2v) is 4.98. The van der Waals surface area contributed by atoms with Crippen molar-refractivity contribution in [2.45, 2.75) is 18.9 Å². The normalized spacial score (nSPS) is 13.3. The Balaban J connectivity index is 2.32. The molecule has 0 aliphatic rings. The Morgan fingerprint density at radius 3 is 2.75 bits per heavy atom. The lowest BCUT2D eigenvalue weighted by atomic mass is 10.2. The standard InChI is InChI=1S/C10H14ClF2NOS/c1-14-7(4-5-15-6-10(12)13)8-2-3-9(11)16-8/h2-3,7,10,14H,4-6H2,1H3. The van der Waals surface area contributed by atoms with E-state index < -0.39 is 13.0 Å². The topological polar surface area (TPSA) is 21.3 Å². The van der Waals surface area contributed by atoms with E-state index in [1.54, 1.807) is 0 Å². The van der Waals surface area contributed by atoms with Crippen molar-refractivity contribution in [3.8, 4) is 0 Å². The molecule has 1 heterocycles. The molecule has 0 saturated carbocycles. The van der Waals surface area contributed by atoms with E-state index >= 15 is 0 Å². The molecule has 0 radical (unpaired) electrons. The van der Waals surface area contributed by atoms with Crippen molar-refractivity contribution < 1.29 is 13.5 Å². The molecule has 0 aliphatic heterocycles. The third-order valence-corrected chi connectivity index (χ3v) is 3.43. The average molecular weight is 270 g/mol. The number of nitrogens with one attached hydrogen (secondary N) is 1. The first-order valence-corrected chi connectivity index (χ1v) is 6.11.